The first-order valence-electron chi connectivity index (χ1n) is 6.81. The fraction of sp³-hybridized carbons (Fsp3) is 0.769. The number of nitrogens with two attached hydrogens (primary N) is 1. The minimum atomic E-state index is -0.890. The third-order valence-electron chi connectivity index (χ3n) is 4.29. The van der Waals surface area contributed by atoms with Crippen molar-refractivity contribution in [2.24, 2.45) is 23.5 Å². The molecule has 6 heteroatoms. The maximum Gasteiger partial charge on any atom is 0.307 e. The molecule has 106 valence electrons. The van der Waals surface area contributed by atoms with Gasteiger partial charge in [-0.2, -0.15) is 0 Å². The molecule has 2 amide bonds. The molecule has 1 aliphatic carbocycles. The lowest BCUT2D eigenvalue weighted by molar-refractivity contribution is -0.150. The zero-order valence-electron chi connectivity index (χ0n) is 10.9. The Hall–Kier alpha value is -1.59. The van der Waals surface area contributed by atoms with Crippen molar-refractivity contribution in [3.8, 4) is 0 Å². The quantitative estimate of drug-likeness (QED) is 0.764. The Morgan fingerprint density at radius 1 is 1.05 bits per heavy atom. The Morgan fingerprint density at radius 3 is 2.37 bits per heavy atom. The minimum absolute atomic E-state index is 0.115. The molecule has 0 aromatic rings. The van der Waals surface area contributed by atoms with Crippen molar-refractivity contribution in [1.29, 1.82) is 0 Å². The molecule has 1 saturated heterocycles. The summed E-state index contributed by atoms with van der Waals surface area (Å²) in [5.41, 5.74) is 5.29. The van der Waals surface area contributed by atoms with Gasteiger partial charge in [-0.1, -0.05) is 6.42 Å². The molecule has 1 unspecified atom stereocenters. The van der Waals surface area contributed by atoms with Crippen molar-refractivity contribution >= 4 is 17.8 Å². The van der Waals surface area contributed by atoms with Crippen molar-refractivity contribution in [3.63, 3.8) is 0 Å². The van der Waals surface area contributed by atoms with E-state index in [9.17, 15) is 14.4 Å². The molecule has 0 aromatic heterocycles. The van der Waals surface area contributed by atoms with E-state index in [1.807, 2.05) is 0 Å². The second kappa shape index (κ2) is 5.59. The number of primary amides is 1. The first kappa shape index (κ1) is 13.8. The van der Waals surface area contributed by atoms with Gasteiger partial charge < -0.3 is 15.7 Å². The molecular weight excluding hydrogens is 248 g/mol. The van der Waals surface area contributed by atoms with Gasteiger partial charge >= 0.3 is 5.97 Å². The highest BCUT2D eigenvalue weighted by Crippen LogP contribution is 2.34. The molecule has 0 aromatic carbocycles. The predicted molar refractivity (Wildman–Crippen MR) is 67.0 cm³/mol. The number of amides is 2. The van der Waals surface area contributed by atoms with Gasteiger partial charge in [0.1, 0.15) is 0 Å². The number of likely N-dealkylation sites (tertiary alicyclic amines) is 1. The molecule has 0 radical (unpaired) electrons. The summed E-state index contributed by atoms with van der Waals surface area (Å²) in [5, 5.41) is 9.13. The van der Waals surface area contributed by atoms with Gasteiger partial charge in [-0.15, -0.1) is 0 Å². The van der Waals surface area contributed by atoms with Crippen LogP contribution in [0.3, 0.4) is 0 Å². The van der Waals surface area contributed by atoms with Gasteiger partial charge in [0, 0.05) is 13.1 Å². The van der Waals surface area contributed by atoms with E-state index in [4.69, 9.17) is 10.8 Å². The highest BCUT2D eigenvalue weighted by molar-refractivity contribution is 5.86. The molecule has 2 aliphatic rings. The summed E-state index contributed by atoms with van der Waals surface area (Å²) in [4.78, 5) is 36.4. The molecule has 2 rings (SSSR count). The van der Waals surface area contributed by atoms with Gasteiger partial charge in [0.25, 0.3) is 0 Å². The van der Waals surface area contributed by atoms with Gasteiger partial charge in [-0.25, -0.2) is 0 Å². The zero-order valence-corrected chi connectivity index (χ0v) is 10.9. The van der Waals surface area contributed by atoms with Crippen molar-refractivity contribution in [3.05, 3.63) is 0 Å². The highest BCUT2D eigenvalue weighted by atomic mass is 16.4. The second-order valence-corrected chi connectivity index (χ2v) is 5.51. The van der Waals surface area contributed by atoms with Crippen LogP contribution in [0.25, 0.3) is 0 Å². The van der Waals surface area contributed by atoms with E-state index in [1.165, 1.54) is 0 Å². The van der Waals surface area contributed by atoms with Crippen molar-refractivity contribution < 1.29 is 19.5 Å². The third kappa shape index (κ3) is 2.88. The molecule has 3 atom stereocenters. The molecule has 0 bridgehead atoms. The summed E-state index contributed by atoms with van der Waals surface area (Å²) in [6, 6.07) is 0. The van der Waals surface area contributed by atoms with Crippen LogP contribution in [0, 0.1) is 17.8 Å². The maximum atomic E-state index is 12.4. The average Bonchev–Trinajstić information content (AvgIpc) is 2.87. The Morgan fingerprint density at radius 2 is 1.74 bits per heavy atom. The summed E-state index contributed by atoms with van der Waals surface area (Å²) in [7, 11) is 0. The van der Waals surface area contributed by atoms with E-state index >= 15 is 0 Å². The lowest BCUT2D eigenvalue weighted by atomic mass is 9.91. The number of carboxylic acid groups (broad SMARTS) is 1. The third-order valence-corrected chi connectivity index (χ3v) is 4.29. The first-order chi connectivity index (χ1) is 9.00. The van der Waals surface area contributed by atoms with Crippen LogP contribution in [0.4, 0.5) is 0 Å². The topological polar surface area (TPSA) is 101 Å². The van der Waals surface area contributed by atoms with Gasteiger partial charge in [0.15, 0.2) is 0 Å². The summed E-state index contributed by atoms with van der Waals surface area (Å²) in [5.74, 6) is -2.66. The molecule has 19 heavy (non-hydrogen) atoms. The van der Waals surface area contributed by atoms with Gasteiger partial charge in [0.2, 0.25) is 11.8 Å². The second-order valence-electron chi connectivity index (χ2n) is 5.51. The number of aliphatic carboxylic acids is 1. The normalized spacial score (nSPS) is 31.2. The molecule has 3 N–H and O–H groups in total. The number of carbonyl (C=O) groups is 3. The Balaban J connectivity index is 2.02. The average molecular weight is 268 g/mol. The summed E-state index contributed by atoms with van der Waals surface area (Å²) in [6.07, 6.45) is 3.45. The van der Waals surface area contributed by atoms with Gasteiger partial charge in [0.05, 0.1) is 17.8 Å². The fourth-order valence-electron chi connectivity index (χ4n) is 3.20. The number of nitrogens with zero attached hydrogens (tertiary/aromatic N) is 1. The number of hydrogen-bond donors (Lipinski definition) is 2. The number of hydrogen-bond acceptors (Lipinski definition) is 3. The molecule has 6 nitrogen and oxygen atoms in total. The molecular formula is C13H20N2O4. The SMILES string of the molecule is NC(=O)C1CCCN(C(=O)[C@@H]2CCC[C@@H]2C(=O)O)C1. The van der Waals surface area contributed by atoms with E-state index in [-0.39, 0.29) is 17.7 Å². The lowest BCUT2D eigenvalue weighted by Crippen LogP contribution is -2.47. The van der Waals surface area contributed by atoms with E-state index in [0.29, 0.717) is 32.4 Å². The number of rotatable bonds is 3. The van der Waals surface area contributed by atoms with Crippen molar-refractivity contribution in [2.45, 2.75) is 32.1 Å². The minimum Gasteiger partial charge on any atom is -0.481 e. The predicted octanol–water partition coefficient (Wildman–Crippen LogP) is 0.211. The largest absolute Gasteiger partial charge is 0.481 e. The van der Waals surface area contributed by atoms with Crippen LogP contribution in [-0.4, -0.2) is 40.9 Å². The Labute approximate surface area is 111 Å². The number of carbonyl (C=O) groups excluding carboxylic acids is 2. The summed E-state index contributed by atoms with van der Waals surface area (Å²) >= 11 is 0. The monoisotopic (exact) mass is 268 g/mol. The molecule has 1 heterocycles. The van der Waals surface area contributed by atoms with Crippen LogP contribution in [0.5, 0.6) is 0 Å². The first-order valence-corrected chi connectivity index (χ1v) is 6.81. The smallest absolute Gasteiger partial charge is 0.307 e. The number of piperidine rings is 1. The molecule has 1 aliphatic heterocycles. The Kier molecular flexibility index (Phi) is 4.07. The van der Waals surface area contributed by atoms with Crippen molar-refractivity contribution in [2.75, 3.05) is 13.1 Å². The standard InChI is InChI=1S/C13H20N2O4/c14-11(16)8-3-2-6-15(7-8)12(17)9-4-1-5-10(9)13(18)19/h8-10H,1-7H2,(H2,14,16)(H,18,19)/t8?,9-,10+/m1/s1. The molecule has 1 saturated carbocycles. The molecule has 0 spiro atoms. The van der Waals surface area contributed by atoms with E-state index in [0.717, 1.165) is 12.8 Å². The van der Waals surface area contributed by atoms with Crippen LogP contribution in [0.2, 0.25) is 0 Å². The lowest BCUT2D eigenvalue weighted by Gasteiger charge is -2.33. The fourth-order valence-corrected chi connectivity index (χ4v) is 3.20. The summed E-state index contributed by atoms with van der Waals surface area (Å²) in [6.45, 7) is 0.947. The van der Waals surface area contributed by atoms with E-state index in [1.54, 1.807) is 4.90 Å². The van der Waals surface area contributed by atoms with Crippen molar-refractivity contribution in [1.82, 2.24) is 4.90 Å². The zero-order chi connectivity index (χ0) is 14.0. The van der Waals surface area contributed by atoms with E-state index < -0.39 is 17.8 Å². The van der Waals surface area contributed by atoms with Gasteiger partial charge in [-0.3, -0.25) is 14.4 Å². The van der Waals surface area contributed by atoms with Crippen LogP contribution >= 0.6 is 0 Å². The van der Waals surface area contributed by atoms with Crippen LogP contribution < -0.4 is 5.73 Å². The summed E-state index contributed by atoms with van der Waals surface area (Å²) < 4.78 is 0. The van der Waals surface area contributed by atoms with Gasteiger partial charge in [-0.05, 0) is 25.7 Å². The highest BCUT2D eigenvalue weighted by Gasteiger charge is 2.40. The number of carboxylic acids is 1. The van der Waals surface area contributed by atoms with Crippen LogP contribution in [0.15, 0.2) is 0 Å². The maximum absolute atomic E-state index is 12.4. The van der Waals surface area contributed by atoms with E-state index in [2.05, 4.69) is 0 Å². The molecule has 2 fully saturated rings. The Bertz CT molecular complexity index is 396. The van der Waals surface area contributed by atoms with Crippen LogP contribution in [0.1, 0.15) is 32.1 Å². The van der Waals surface area contributed by atoms with Crippen LogP contribution in [-0.2, 0) is 14.4 Å².